The molecule has 3 rings (SSSR count). The molecular formula is C30H38F2O5. The fourth-order valence-corrected chi connectivity index (χ4v) is 4.64. The first-order chi connectivity index (χ1) is 17.9. The van der Waals surface area contributed by atoms with Gasteiger partial charge in [-0.25, -0.2) is 9.18 Å². The lowest BCUT2D eigenvalue weighted by atomic mass is 9.80. The van der Waals surface area contributed by atoms with E-state index in [1.807, 2.05) is 6.92 Å². The molecule has 37 heavy (non-hydrogen) atoms. The van der Waals surface area contributed by atoms with E-state index < -0.39 is 23.2 Å². The molecule has 0 saturated heterocycles. The number of carbonyl (C=O) groups is 2. The largest absolute Gasteiger partial charge is 0.490 e. The van der Waals surface area contributed by atoms with Crippen LogP contribution in [0.15, 0.2) is 36.4 Å². The van der Waals surface area contributed by atoms with Crippen molar-refractivity contribution in [3.8, 4) is 17.2 Å². The number of halogens is 2. The molecule has 0 aliphatic heterocycles. The van der Waals surface area contributed by atoms with Crippen molar-refractivity contribution in [2.24, 2.45) is 11.8 Å². The molecule has 2 aromatic carbocycles. The quantitative estimate of drug-likeness (QED) is 0.153. The normalized spacial score (nSPS) is 17.3. The highest BCUT2D eigenvalue weighted by Crippen LogP contribution is 2.33. The monoisotopic (exact) mass is 516 g/mol. The lowest BCUT2D eigenvalue weighted by Gasteiger charge is -2.27. The molecule has 0 amide bonds. The van der Waals surface area contributed by atoms with Crippen LogP contribution >= 0.6 is 0 Å². The highest BCUT2D eigenvalue weighted by Gasteiger charge is 2.27. The van der Waals surface area contributed by atoms with Crippen LogP contribution in [0.1, 0.15) is 94.8 Å². The molecule has 0 aromatic heterocycles. The zero-order valence-corrected chi connectivity index (χ0v) is 21.9. The maximum Gasteiger partial charge on any atom is 0.346 e. The van der Waals surface area contributed by atoms with Crippen molar-refractivity contribution in [2.75, 3.05) is 6.61 Å². The third-order valence-electron chi connectivity index (χ3n) is 6.92. The number of hydrogen-bond acceptors (Lipinski definition) is 5. The van der Waals surface area contributed by atoms with Crippen molar-refractivity contribution in [3.05, 3.63) is 53.6 Å². The topological polar surface area (TPSA) is 61.8 Å². The zero-order chi connectivity index (χ0) is 26.6. The van der Waals surface area contributed by atoms with Crippen LogP contribution in [0.2, 0.25) is 0 Å². The molecule has 2 aromatic rings. The highest BCUT2D eigenvalue weighted by atomic mass is 19.2. The van der Waals surface area contributed by atoms with Gasteiger partial charge in [0.15, 0.2) is 11.6 Å². The Morgan fingerprint density at radius 2 is 1.41 bits per heavy atom. The number of benzene rings is 2. The number of rotatable bonds is 13. The minimum absolute atomic E-state index is 0.101. The molecule has 7 heteroatoms. The van der Waals surface area contributed by atoms with E-state index in [0.717, 1.165) is 51.0 Å². The minimum atomic E-state index is -1.32. The van der Waals surface area contributed by atoms with Gasteiger partial charge in [-0.05, 0) is 74.4 Å². The Hall–Kier alpha value is -2.96. The van der Waals surface area contributed by atoms with Crippen LogP contribution in [-0.2, 0) is 4.79 Å². The summed E-state index contributed by atoms with van der Waals surface area (Å²) < 4.78 is 44.8. The third kappa shape index (κ3) is 8.54. The molecule has 0 unspecified atom stereocenters. The van der Waals surface area contributed by atoms with Gasteiger partial charge in [0, 0.05) is 0 Å². The number of ether oxygens (including phenoxy) is 3. The number of carbonyl (C=O) groups excluding carboxylic acids is 2. The van der Waals surface area contributed by atoms with E-state index >= 15 is 0 Å². The first-order valence-corrected chi connectivity index (χ1v) is 13.6. The van der Waals surface area contributed by atoms with Gasteiger partial charge >= 0.3 is 11.9 Å². The molecule has 0 spiro atoms. The molecule has 0 N–H and O–H groups in total. The van der Waals surface area contributed by atoms with Crippen molar-refractivity contribution in [2.45, 2.75) is 84.5 Å². The first kappa shape index (κ1) is 28.6. The summed E-state index contributed by atoms with van der Waals surface area (Å²) >= 11 is 0. The molecule has 0 radical (unpaired) electrons. The van der Waals surface area contributed by atoms with Gasteiger partial charge in [0.05, 0.1) is 18.1 Å². The van der Waals surface area contributed by atoms with Crippen LogP contribution in [0.4, 0.5) is 8.78 Å². The summed E-state index contributed by atoms with van der Waals surface area (Å²) in [4.78, 5) is 25.0. The molecule has 0 heterocycles. The Kier molecular flexibility index (Phi) is 11.4. The highest BCUT2D eigenvalue weighted by molar-refractivity contribution is 5.91. The summed E-state index contributed by atoms with van der Waals surface area (Å²) in [6.07, 6.45) is 11.4. The molecule has 0 bridgehead atoms. The van der Waals surface area contributed by atoms with Crippen molar-refractivity contribution in [1.82, 2.24) is 0 Å². The first-order valence-electron chi connectivity index (χ1n) is 13.6. The molecule has 202 valence electrons. The standard InChI is InChI=1S/C30H38F2O5/c1-3-5-7-9-21-10-12-22(13-11-21)29(33)36-23-14-16-24(17-15-23)37-30(34)25-18-19-26(28(32)27(25)31)35-20-8-6-4-2/h14-19,21-22H,3-13,20H2,1-2H3. The van der Waals surface area contributed by atoms with Crippen LogP contribution in [0, 0.1) is 23.5 Å². The maximum atomic E-state index is 14.5. The molecule has 1 aliphatic rings. The van der Waals surface area contributed by atoms with Crippen LogP contribution in [-0.4, -0.2) is 18.5 Å². The molecule has 1 fully saturated rings. The number of hydrogen-bond donors (Lipinski definition) is 0. The van der Waals surface area contributed by atoms with Gasteiger partial charge < -0.3 is 14.2 Å². The lowest BCUT2D eigenvalue weighted by Crippen LogP contribution is -2.25. The van der Waals surface area contributed by atoms with Crippen molar-refractivity contribution in [1.29, 1.82) is 0 Å². The van der Waals surface area contributed by atoms with Crippen molar-refractivity contribution >= 4 is 11.9 Å². The van der Waals surface area contributed by atoms with E-state index in [9.17, 15) is 18.4 Å². The van der Waals surface area contributed by atoms with Gasteiger partial charge in [0.25, 0.3) is 0 Å². The molecule has 1 saturated carbocycles. The molecule has 0 atom stereocenters. The molecule has 5 nitrogen and oxygen atoms in total. The smallest absolute Gasteiger partial charge is 0.346 e. The van der Waals surface area contributed by atoms with Crippen LogP contribution in [0.5, 0.6) is 17.2 Å². The molecule has 1 aliphatic carbocycles. The van der Waals surface area contributed by atoms with Gasteiger partial charge in [-0.15, -0.1) is 0 Å². The average molecular weight is 517 g/mol. The predicted octanol–water partition coefficient (Wildman–Crippen LogP) is 8.05. The zero-order valence-electron chi connectivity index (χ0n) is 21.9. The van der Waals surface area contributed by atoms with E-state index in [4.69, 9.17) is 14.2 Å². The number of unbranched alkanes of at least 4 members (excludes halogenated alkanes) is 4. The Morgan fingerprint density at radius 3 is 2.05 bits per heavy atom. The third-order valence-corrected chi connectivity index (χ3v) is 6.92. The summed E-state index contributed by atoms with van der Waals surface area (Å²) in [5.74, 6) is -2.98. The van der Waals surface area contributed by atoms with Crippen LogP contribution in [0.25, 0.3) is 0 Å². The Balaban J connectivity index is 1.49. The van der Waals surface area contributed by atoms with Gasteiger partial charge in [-0.3, -0.25) is 4.79 Å². The van der Waals surface area contributed by atoms with E-state index in [1.54, 1.807) is 0 Å². The minimum Gasteiger partial charge on any atom is -0.490 e. The Labute approximate surface area is 218 Å². The summed E-state index contributed by atoms with van der Waals surface area (Å²) in [5, 5.41) is 0. The molecular weight excluding hydrogens is 478 g/mol. The van der Waals surface area contributed by atoms with Crippen molar-refractivity contribution < 1.29 is 32.6 Å². The second-order valence-electron chi connectivity index (χ2n) is 9.79. The summed E-state index contributed by atoms with van der Waals surface area (Å²) in [7, 11) is 0. The van der Waals surface area contributed by atoms with Crippen LogP contribution in [0.3, 0.4) is 0 Å². The fourth-order valence-electron chi connectivity index (χ4n) is 4.64. The SMILES string of the molecule is CCCCCOc1ccc(C(=O)Oc2ccc(OC(=O)C3CCC(CCCCC)CC3)cc2)c(F)c1F. The van der Waals surface area contributed by atoms with E-state index in [2.05, 4.69) is 6.92 Å². The fraction of sp³-hybridized carbons (Fsp3) is 0.533. The van der Waals surface area contributed by atoms with Gasteiger partial charge in [-0.2, -0.15) is 4.39 Å². The van der Waals surface area contributed by atoms with Gasteiger partial charge in [0.1, 0.15) is 11.5 Å². The lowest BCUT2D eigenvalue weighted by molar-refractivity contribution is -0.140. The predicted molar refractivity (Wildman–Crippen MR) is 138 cm³/mol. The number of esters is 2. The van der Waals surface area contributed by atoms with Crippen LogP contribution < -0.4 is 14.2 Å². The average Bonchev–Trinajstić information content (AvgIpc) is 2.90. The summed E-state index contributed by atoms with van der Waals surface area (Å²) in [6, 6.07) is 8.30. The second kappa shape index (κ2) is 14.7. The van der Waals surface area contributed by atoms with E-state index in [0.29, 0.717) is 11.7 Å². The summed E-state index contributed by atoms with van der Waals surface area (Å²) in [6.45, 7) is 4.50. The van der Waals surface area contributed by atoms with Gasteiger partial charge in [-0.1, -0.05) is 52.4 Å². The van der Waals surface area contributed by atoms with E-state index in [-0.39, 0.29) is 30.0 Å². The Morgan fingerprint density at radius 1 is 0.784 bits per heavy atom. The van der Waals surface area contributed by atoms with Crippen molar-refractivity contribution in [3.63, 3.8) is 0 Å². The van der Waals surface area contributed by atoms with Gasteiger partial charge in [0.2, 0.25) is 5.82 Å². The van der Waals surface area contributed by atoms with E-state index in [1.165, 1.54) is 56.0 Å². The summed E-state index contributed by atoms with van der Waals surface area (Å²) in [5.41, 5.74) is -0.529. The maximum absolute atomic E-state index is 14.5. The second-order valence-corrected chi connectivity index (χ2v) is 9.79. The Bertz CT molecular complexity index is 1010.